The fourth-order valence-electron chi connectivity index (χ4n) is 5.67. The first-order chi connectivity index (χ1) is 15.8. The molecule has 5 heteroatoms. The van der Waals surface area contributed by atoms with Gasteiger partial charge in [0, 0.05) is 6.42 Å². The molecule has 0 saturated heterocycles. The van der Waals surface area contributed by atoms with Crippen molar-refractivity contribution in [1.29, 1.82) is 0 Å². The Balaban J connectivity index is 1.66. The Kier molecular flexibility index (Phi) is 8.32. The minimum absolute atomic E-state index is 0.00567. The standard InChI is InChI=1S/C29H44O5/c1-18(2)28(5,6)34-27(32)17-33-20(4)24-12-13-25-21(9-8-14-29(24,25)7)10-11-22-15-23(30)16-26(31)19(22)3/h10-12,18,20,23,25-26,30-31H,3,8-9,13-17H2,1-2,4-7H3/b21-10+,22-11-/t20?,23-,25+,26+,29-/m1/s1. The van der Waals surface area contributed by atoms with Gasteiger partial charge in [-0.2, -0.15) is 0 Å². The number of esters is 1. The first-order valence-corrected chi connectivity index (χ1v) is 12.8. The molecule has 0 bridgehead atoms. The summed E-state index contributed by atoms with van der Waals surface area (Å²) < 4.78 is 11.6. The van der Waals surface area contributed by atoms with E-state index in [1.54, 1.807) is 0 Å². The summed E-state index contributed by atoms with van der Waals surface area (Å²) in [6, 6.07) is 0. The Bertz CT molecular complexity index is 877. The van der Waals surface area contributed by atoms with Crippen LogP contribution in [0, 0.1) is 17.3 Å². The molecule has 3 rings (SSSR count). The van der Waals surface area contributed by atoms with Crippen LogP contribution in [0.25, 0.3) is 0 Å². The molecule has 0 aromatic heterocycles. The van der Waals surface area contributed by atoms with Crippen LogP contribution < -0.4 is 0 Å². The minimum Gasteiger partial charge on any atom is -0.458 e. The highest BCUT2D eigenvalue weighted by Crippen LogP contribution is 2.55. The number of aliphatic hydroxyl groups is 2. The average Bonchev–Trinajstić information content (AvgIpc) is 3.10. The number of rotatable bonds is 7. The van der Waals surface area contributed by atoms with Gasteiger partial charge >= 0.3 is 5.97 Å². The molecule has 0 aliphatic heterocycles. The highest BCUT2D eigenvalue weighted by atomic mass is 16.6. The van der Waals surface area contributed by atoms with Crippen LogP contribution in [0.2, 0.25) is 0 Å². The monoisotopic (exact) mass is 472 g/mol. The van der Waals surface area contributed by atoms with Crippen LogP contribution in [0.5, 0.6) is 0 Å². The Morgan fingerprint density at radius 3 is 2.68 bits per heavy atom. The number of carbonyl (C=O) groups is 1. The van der Waals surface area contributed by atoms with E-state index in [-0.39, 0.29) is 30.0 Å². The molecule has 3 aliphatic rings. The van der Waals surface area contributed by atoms with Crippen LogP contribution in [0.3, 0.4) is 0 Å². The van der Waals surface area contributed by atoms with Gasteiger partial charge in [0.15, 0.2) is 0 Å². The maximum atomic E-state index is 12.4. The Morgan fingerprint density at radius 2 is 2.00 bits per heavy atom. The first kappa shape index (κ1) is 26.9. The molecular weight excluding hydrogens is 428 g/mol. The van der Waals surface area contributed by atoms with E-state index in [4.69, 9.17) is 9.47 Å². The van der Waals surface area contributed by atoms with E-state index in [1.165, 1.54) is 11.1 Å². The van der Waals surface area contributed by atoms with Crippen LogP contribution in [-0.2, 0) is 14.3 Å². The first-order valence-electron chi connectivity index (χ1n) is 12.8. The molecule has 5 atom stereocenters. The quantitative estimate of drug-likeness (QED) is 0.382. The molecule has 0 amide bonds. The van der Waals surface area contributed by atoms with E-state index in [0.29, 0.717) is 18.8 Å². The third kappa shape index (κ3) is 5.75. The largest absolute Gasteiger partial charge is 0.458 e. The minimum atomic E-state index is -0.666. The van der Waals surface area contributed by atoms with Gasteiger partial charge in [-0.25, -0.2) is 4.79 Å². The van der Waals surface area contributed by atoms with E-state index in [0.717, 1.165) is 36.8 Å². The van der Waals surface area contributed by atoms with E-state index in [2.05, 4.69) is 31.7 Å². The molecule has 1 unspecified atom stereocenters. The fraction of sp³-hybridized carbons (Fsp3) is 0.690. The fourth-order valence-corrected chi connectivity index (χ4v) is 5.67. The van der Waals surface area contributed by atoms with Gasteiger partial charge in [-0.05, 0) is 86.8 Å². The molecule has 34 heavy (non-hydrogen) atoms. The Labute approximate surface area is 205 Å². The summed E-state index contributed by atoms with van der Waals surface area (Å²) in [6.07, 6.45) is 10.3. The van der Waals surface area contributed by atoms with Gasteiger partial charge in [0.25, 0.3) is 0 Å². The van der Waals surface area contributed by atoms with Crippen molar-refractivity contribution in [2.75, 3.05) is 6.61 Å². The molecule has 190 valence electrons. The maximum Gasteiger partial charge on any atom is 0.332 e. The number of hydrogen-bond acceptors (Lipinski definition) is 5. The topological polar surface area (TPSA) is 76.0 Å². The molecule has 0 aromatic rings. The second kappa shape index (κ2) is 10.5. The summed E-state index contributed by atoms with van der Waals surface area (Å²) in [5, 5.41) is 20.2. The van der Waals surface area contributed by atoms with Crippen molar-refractivity contribution in [3.8, 4) is 0 Å². The third-order valence-electron chi connectivity index (χ3n) is 8.53. The molecule has 0 aromatic carbocycles. The highest BCUT2D eigenvalue weighted by Gasteiger charge is 2.46. The van der Waals surface area contributed by atoms with Crippen LogP contribution in [0.4, 0.5) is 0 Å². The van der Waals surface area contributed by atoms with Gasteiger partial charge in [0.1, 0.15) is 12.2 Å². The number of ether oxygens (including phenoxy) is 2. The molecule has 0 spiro atoms. The summed E-state index contributed by atoms with van der Waals surface area (Å²) in [7, 11) is 0. The van der Waals surface area contributed by atoms with Crippen LogP contribution in [0.1, 0.15) is 80.1 Å². The van der Waals surface area contributed by atoms with Gasteiger partial charge in [0.2, 0.25) is 0 Å². The zero-order valence-electron chi connectivity index (χ0n) is 21.9. The zero-order chi connectivity index (χ0) is 25.3. The van der Waals surface area contributed by atoms with E-state index in [1.807, 2.05) is 34.6 Å². The lowest BCUT2D eigenvalue weighted by molar-refractivity contribution is -0.167. The van der Waals surface area contributed by atoms with Crippen molar-refractivity contribution < 1.29 is 24.5 Å². The molecule has 5 nitrogen and oxygen atoms in total. The van der Waals surface area contributed by atoms with Crippen molar-refractivity contribution in [3.63, 3.8) is 0 Å². The van der Waals surface area contributed by atoms with Crippen molar-refractivity contribution in [1.82, 2.24) is 0 Å². The summed E-state index contributed by atoms with van der Waals surface area (Å²) in [6.45, 7) is 16.3. The van der Waals surface area contributed by atoms with Crippen LogP contribution >= 0.6 is 0 Å². The van der Waals surface area contributed by atoms with Crippen molar-refractivity contribution in [2.24, 2.45) is 17.3 Å². The predicted molar refractivity (Wildman–Crippen MR) is 135 cm³/mol. The van der Waals surface area contributed by atoms with Gasteiger partial charge in [-0.3, -0.25) is 0 Å². The van der Waals surface area contributed by atoms with Gasteiger partial charge in [-0.1, -0.05) is 51.2 Å². The number of hydrogen-bond donors (Lipinski definition) is 2. The number of fused-ring (bicyclic) bond motifs is 1. The van der Waals surface area contributed by atoms with E-state index in [9.17, 15) is 15.0 Å². The predicted octanol–water partition coefficient (Wildman–Crippen LogP) is 5.43. The van der Waals surface area contributed by atoms with Crippen molar-refractivity contribution in [2.45, 2.75) is 104 Å². The SMILES string of the molecule is C=C1/C(=C\C=C2/CCC[C@]3(C)C(C(C)OCC(=O)OC(C)(C)C(C)C)=CC[C@@H]23)C[C@@H](O)C[C@@H]1O. The van der Waals surface area contributed by atoms with Crippen molar-refractivity contribution in [3.05, 3.63) is 47.1 Å². The molecule has 2 saturated carbocycles. The van der Waals surface area contributed by atoms with Crippen LogP contribution in [0.15, 0.2) is 47.1 Å². The number of aliphatic hydroxyl groups excluding tert-OH is 2. The normalized spacial score (nSPS) is 33.3. The lowest BCUT2D eigenvalue weighted by atomic mass is 9.63. The summed E-state index contributed by atoms with van der Waals surface area (Å²) >= 11 is 0. The second-order valence-corrected chi connectivity index (χ2v) is 11.5. The van der Waals surface area contributed by atoms with Crippen LogP contribution in [-0.4, -0.2) is 46.7 Å². The number of carbonyl (C=O) groups excluding carboxylic acids is 1. The van der Waals surface area contributed by atoms with E-state index >= 15 is 0 Å². The van der Waals surface area contributed by atoms with Gasteiger partial charge in [-0.15, -0.1) is 0 Å². The lowest BCUT2D eigenvalue weighted by Crippen LogP contribution is -2.37. The summed E-state index contributed by atoms with van der Waals surface area (Å²) in [5.74, 6) is 0.308. The molecule has 0 radical (unpaired) electrons. The molecule has 2 N–H and O–H groups in total. The summed E-state index contributed by atoms with van der Waals surface area (Å²) in [4.78, 5) is 12.4. The maximum absolute atomic E-state index is 12.4. The number of allylic oxidation sites excluding steroid dienone is 4. The Morgan fingerprint density at radius 1 is 1.29 bits per heavy atom. The second-order valence-electron chi connectivity index (χ2n) is 11.5. The van der Waals surface area contributed by atoms with Crippen molar-refractivity contribution >= 4 is 5.97 Å². The smallest absolute Gasteiger partial charge is 0.332 e. The molecule has 2 fully saturated rings. The lowest BCUT2D eigenvalue weighted by Gasteiger charge is -2.42. The zero-order valence-corrected chi connectivity index (χ0v) is 21.9. The van der Waals surface area contributed by atoms with Gasteiger partial charge in [0.05, 0.1) is 18.3 Å². The molecule has 0 heterocycles. The van der Waals surface area contributed by atoms with E-state index < -0.39 is 17.8 Å². The molecule has 3 aliphatic carbocycles. The average molecular weight is 473 g/mol. The third-order valence-corrected chi connectivity index (χ3v) is 8.53. The summed E-state index contributed by atoms with van der Waals surface area (Å²) in [5.41, 5.74) is 3.84. The Hall–Kier alpha value is -1.69. The van der Waals surface area contributed by atoms with Gasteiger partial charge < -0.3 is 19.7 Å². The molecular formula is C29H44O5. The highest BCUT2D eigenvalue weighted by molar-refractivity contribution is 5.71.